The number of halogens is 1. The zero-order chi connectivity index (χ0) is 7.31. The van der Waals surface area contributed by atoms with Crippen LogP contribution in [0.1, 0.15) is 24.8 Å². The van der Waals surface area contributed by atoms with Crippen molar-refractivity contribution < 1.29 is 17.0 Å². The minimum absolute atomic E-state index is 0. The Morgan fingerprint density at radius 1 is 1.00 bits per heavy atom. The molecule has 13 heavy (non-hydrogen) atoms. The van der Waals surface area contributed by atoms with Gasteiger partial charge < -0.3 is 22.9 Å². The van der Waals surface area contributed by atoms with Gasteiger partial charge >= 0.3 is 23.1 Å². The topological polar surface area (TPSA) is 0 Å². The van der Waals surface area contributed by atoms with Crippen LogP contribution in [0.5, 0.6) is 0 Å². The zero-order valence-electron chi connectivity index (χ0n) is 7.59. The largest absolute Gasteiger partial charge is 2.00 e. The van der Waals surface area contributed by atoms with Crippen molar-refractivity contribution in [2.75, 3.05) is 0 Å². The number of hydrogen-bond donors (Lipinski definition) is 0. The number of rotatable bonds is 1. The summed E-state index contributed by atoms with van der Waals surface area (Å²) < 4.78 is 0. The van der Waals surface area contributed by atoms with Gasteiger partial charge in [-0.3, -0.25) is 0 Å². The Hall–Kier alpha value is 0.466. The monoisotopic (exact) mass is 246 g/mol. The molecule has 1 aromatic rings. The molecule has 3 fully saturated rings. The predicted octanol–water partition coefficient (Wildman–Crippen LogP) is -0.680. The van der Waals surface area contributed by atoms with E-state index in [1.807, 2.05) is 0 Å². The minimum atomic E-state index is 0. The molecular formula is C11H11BrMg. The molecule has 0 amide bonds. The average molecular weight is 247 g/mol. The van der Waals surface area contributed by atoms with Crippen molar-refractivity contribution in [2.24, 2.45) is 0 Å². The van der Waals surface area contributed by atoms with Crippen LogP contribution < -0.4 is 17.0 Å². The molecule has 1 aromatic carbocycles. The van der Waals surface area contributed by atoms with Crippen LogP contribution >= 0.6 is 0 Å². The van der Waals surface area contributed by atoms with E-state index in [0.29, 0.717) is 5.41 Å². The van der Waals surface area contributed by atoms with Gasteiger partial charge in [-0.25, -0.2) is 0 Å². The third kappa shape index (κ3) is 1.57. The average Bonchev–Trinajstić information content (AvgIpc) is 1.83. The summed E-state index contributed by atoms with van der Waals surface area (Å²) in [6.45, 7) is 0. The number of benzene rings is 1. The first-order chi connectivity index (χ1) is 5.39. The molecule has 2 heteroatoms. The molecule has 0 aromatic heterocycles. The van der Waals surface area contributed by atoms with E-state index in [0.717, 1.165) is 0 Å². The van der Waals surface area contributed by atoms with Gasteiger partial charge in [-0.05, 0) is 5.56 Å². The van der Waals surface area contributed by atoms with Gasteiger partial charge in [-0.15, -0.1) is 0 Å². The molecule has 4 rings (SSSR count). The fraction of sp³-hybridized carbons (Fsp3) is 0.364. The van der Waals surface area contributed by atoms with Crippen molar-refractivity contribution >= 4 is 23.1 Å². The maximum absolute atomic E-state index is 2.27. The molecule has 0 spiro atoms. The summed E-state index contributed by atoms with van der Waals surface area (Å²) in [4.78, 5) is 0. The van der Waals surface area contributed by atoms with Crippen molar-refractivity contribution in [3.8, 4) is 0 Å². The summed E-state index contributed by atoms with van der Waals surface area (Å²) in [6.07, 6.45) is 4.16. The maximum Gasteiger partial charge on any atom is 2.00 e. The van der Waals surface area contributed by atoms with Crippen LogP contribution in [0.25, 0.3) is 0 Å². The summed E-state index contributed by atoms with van der Waals surface area (Å²) >= 11 is 0. The van der Waals surface area contributed by atoms with Crippen LogP contribution in [0.2, 0.25) is 0 Å². The van der Waals surface area contributed by atoms with Gasteiger partial charge in [0.15, 0.2) is 0 Å². The quantitative estimate of drug-likeness (QED) is 0.456. The fourth-order valence-electron chi connectivity index (χ4n) is 2.38. The second kappa shape index (κ2) is 3.91. The third-order valence-electron chi connectivity index (χ3n) is 3.15. The molecule has 0 unspecified atom stereocenters. The molecule has 0 nitrogen and oxygen atoms in total. The molecule has 0 heterocycles. The normalized spacial score (nSPS) is 21.5. The van der Waals surface area contributed by atoms with Gasteiger partial charge in [0.2, 0.25) is 0 Å². The van der Waals surface area contributed by atoms with Gasteiger partial charge in [0, 0.05) is 0 Å². The van der Waals surface area contributed by atoms with Gasteiger partial charge in [0.25, 0.3) is 0 Å². The molecule has 64 valence electrons. The van der Waals surface area contributed by atoms with Crippen molar-refractivity contribution in [3.05, 3.63) is 41.8 Å². The van der Waals surface area contributed by atoms with Crippen molar-refractivity contribution in [1.82, 2.24) is 0 Å². The van der Waals surface area contributed by atoms with Crippen molar-refractivity contribution in [1.29, 1.82) is 0 Å². The van der Waals surface area contributed by atoms with Crippen molar-refractivity contribution in [3.63, 3.8) is 0 Å². The summed E-state index contributed by atoms with van der Waals surface area (Å²) in [5.74, 6) is 1.79. The summed E-state index contributed by atoms with van der Waals surface area (Å²) in [5, 5.41) is 0. The van der Waals surface area contributed by atoms with E-state index in [1.54, 1.807) is 11.5 Å². The minimum Gasteiger partial charge on any atom is -1.00 e. The van der Waals surface area contributed by atoms with Crippen LogP contribution in [0.3, 0.4) is 0 Å². The zero-order valence-corrected chi connectivity index (χ0v) is 10.6. The summed E-state index contributed by atoms with van der Waals surface area (Å²) in [7, 11) is 0. The van der Waals surface area contributed by atoms with E-state index in [4.69, 9.17) is 0 Å². The first kappa shape index (κ1) is 11.5. The van der Waals surface area contributed by atoms with E-state index in [1.165, 1.54) is 19.3 Å². The van der Waals surface area contributed by atoms with Crippen LogP contribution in [0.4, 0.5) is 0 Å². The molecule has 3 aliphatic carbocycles. The van der Waals surface area contributed by atoms with Gasteiger partial charge in [-0.1, -0.05) is 35.7 Å². The van der Waals surface area contributed by atoms with Crippen LogP contribution in [-0.2, 0) is 5.41 Å². The molecule has 0 aliphatic heterocycles. The Bertz CT molecular complexity index is 266. The first-order valence-electron chi connectivity index (χ1n) is 4.28. The Labute approximate surface area is 106 Å². The molecule has 0 N–H and O–H groups in total. The SMILES string of the molecule is [Br-].[Mg+2].c1ccc(C23C[C-](C2)C3)cc1. The van der Waals surface area contributed by atoms with E-state index in [9.17, 15) is 0 Å². The standard InChI is InChI=1S/C11H11.BrH.Mg/c1-2-4-10(5-3-1)11-6-9(7-11)8-11;;/h1-5H,6-8H2;1H;/q-1;;+2/p-1. The molecule has 0 radical (unpaired) electrons. The fourth-order valence-corrected chi connectivity index (χ4v) is 2.38. The summed E-state index contributed by atoms with van der Waals surface area (Å²) in [6, 6.07) is 11.0. The molecule has 3 aliphatic rings. The number of hydrogen-bond acceptors (Lipinski definition) is 0. The Morgan fingerprint density at radius 3 is 1.92 bits per heavy atom. The second-order valence-corrected chi connectivity index (χ2v) is 3.93. The molecular weight excluding hydrogens is 236 g/mol. The van der Waals surface area contributed by atoms with E-state index < -0.39 is 0 Å². The van der Waals surface area contributed by atoms with E-state index in [-0.39, 0.29) is 40.0 Å². The molecule has 0 atom stereocenters. The second-order valence-electron chi connectivity index (χ2n) is 3.93. The predicted molar refractivity (Wildman–Crippen MR) is 51.0 cm³/mol. The third-order valence-corrected chi connectivity index (χ3v) is 3.15. The molecule has 3 saturated carbocycles. The smallest absolute Gasteiger partial charge is 1.00 e. The Kier molecular flexibility index (Phi) is 3.47. The first-order valence-corrected chi connectivity index (χ1v) is 4.28. The maximum atomic E-state index is 2.27. The molecule has 2 bridgehead atoms. The van der Waals surface area contributed by atoms with Crippen LogP contribution in [0, 0.1) is 5.92 Å². The van der Waals surface area contributed by atoms with E-state index >= 15 is 0 Å². The van der Waals surface area contributed by atoms with Gasteiger partial charge in [-0.2, -0.15) is 19.3 Å². The van der Waals surface area contributed by atoms with Crippen LogP contribution in [-0.4, -0.2) is 23.1 Å². The van der Waals surface area contributed by atoms with E-state index in [2.05, 4.69) is 30.3 Å². The Balaban J connectivity index is 0.000000422. The van der Waals surface area contributed by atoms with Crippen LogP contribution in [0.15, 0.2) is 30.3 Å². The summed E-state index contributed by atoms with van der Waals surface area (Å²) in [5.41, 5.74) is 2.19. The van der Waals surface area contributed by atoms with Gasteiger partial charge in [0.1, 0.15) is 0 Å². The Morgan fingerprint density at radius 2 is 1.54 bits per heavy atom. The molecule has 0 saturated heterocycles. The van der Waals surface area contributed by atoms with Gasteiger partial charge in [0.05, 0.1) is 0 Å². The van der Waals surface area contributed by atoms with Crippen molar-refractivity contribution in [2.45, 2.75) is 24.7 Å².